The van der Waals surface area contributed by atoms with E-state index in [1.165, 1.54) is 23.6 Å². The molecule has 1 aliphatic rings. The first-order valence-electron chi connectivity index (χ1n) is 9.87. The van der Waals surface area contributed by atoms with Gasteiger partial charge in [-0.2, -0.15) is 9.50 Å². The fourth-order valence-corrected chi connectivity index (χ4v) is 3.74. The number of benzene rings is 2. The number of hydrogen-bond acceptors (Lipinski definition) is 6. The SMILES string of the molecule is C[C@@H](C(=O)Nc1cc(=O)[nH]c2nc(-c3ccc(Cl)cc3)nn12)N1C(=O)c2ccccc2C1=O. The summed E-state index contributed by atoms with van der Waals surface area (Å²) in [6, 6.07) is 13.2. The van der Waals surface area contributed by atoms with Crippen molar-refractivity contribution in [2.75, 3.05) is 5.32 Å². The first-order chi connectivity index (χ1) is 15.8. The van der Waals surface area contributed by atoms with Gasteiger partial charge in [0.25, 0.3) is 17.4 Å². The molecule has 0 spiro atoms. The number of amides is 3. The molecule has 1 atom stereocenters. The number of anilines is 1. The number of carbonyl (C=O) groups excluding carboxylic acids is 3. The molecule has 1 aliphatic heterocycles. The van der Waals surface area contributed by atoms with Crippen LogP contribution in [0.4, 0.5) is 5.82 Å². The Morgan fingerprint density at radius 3 is 2.30 bits per heavy atom. The molecule has 3 heterocycles. The molecule has 11 heteroatoms. The number of imide groups is 1. The number of halogens is 1. The fourth-order valence-electron chi connectivity index (χ4n) is 3.61. The third-order valence-electron chi connectivity index (χ3n) is 5.28. The van der Waals surface area contributed by atoms with Crippen molar-refractivity contribution < 1.29 is 14.4 Å². The number of H-pyrrole nitrogens is 1. The van der Waals surface area contributed by atoms with E-state index in [0.29, 0.717) is 16.4 Å². The van der Waals surface area contributed by atoms with Crippen LogP contribution in [0, 0.1) is 0 Å². The van der Waals surface area contributed by atoms with E-state index < -0.39 is 29.3 Å². The van der Waals surface area contributed by atoms with Gasteiger partial charge in [-0.1, -0.05) is 23.7 Å². The second-order valence-corrected chi connectivity index (χ2v) is 7.82. The molecule has 10 nitrogen and oxygen atoms in total. The Hall–Kier alpha value is -4.31. The van der Waals surface area contributed by atoms with Gasteiger partial charge in [-0.05, 0) is 43.3 Å². The lowest BCUT2D eigenvalue weighted by Gasteiger charge is -2.21. The van der Waals surface area contributed by atoms with Crippen molar-refractivity contribution in [2.45, 2.75) is 13.0 Å². The molecule has 2 aromatic heterocycles. The maximum absolute atomic E-state index is 13.0. The molecule has 2 aromatic carbocycles. The van der Waals surface area contributed by atoms with Crippen LogP contribution in [-0.4, -0.2) is 48.2 Å². The topological polar surface area (TPSA) is 130 Å². The van der Waals surface area contributed by atoms with E-state index in [1.807, 2.05) is 0 Å². The Kier molecular flexibility index (Phi) is 4.79. The second kappa shape index (κ2) is 7.68. The number of hydrogen-bond donors (Lipinski definition) is 2. The van der Waals surface area contributed by atoms with Gasteiger partial charge in [-0.15, -0.1) is 5.10 Å². The summed E-state index contributed by atoms with van der Waals surface area (Å²) in [5, 5.41) is 7.48. The van der Waals surface area contributed by atoms with Crippen molar-refractivity contribution in [3.05, 3.63) is 81.1 Å². The van der Waals surface area contributed by atoms with E-state index in [0.717, 1.165) is 11.0 Å². The van der Waals surface area contributed by atoms with E-state index in [9.17, 15) is 19.2 Å². The minimum atomic E-state index is -1.13. The number of aromatic nitrogens is 4. The van der Waals surface area contributed by atoms with Crippen LogP contribution in [0.25, 0.3) is 17.2 Å². The molecule has 2 N–H and O–H groups in total. The van der Waals surface area contributed by atoms with Crippen molar-refractivity contribution in [1.29, 1.82) is 0 Å². The Morgan fingerprint density at radius 1 is 1.03 bits per heavy atom. The quantitative estimate of drug-likeness (QED) is 0.448. The van der Waals surface area contributed by atoms with Crippen LogP contribution in [0.2, 0.25) is 5.02 Å². The highest BCUT2D eigenvalue weighted by atomic mass is 35.5. The van der Waals surface area contributed by atoms with Gasteiger partial charge >= 0.3 is 0 Å². The van der Waals surface area contributed by atoms with Crippen LogP contribution in [0.5, 0.6) is 0 Å². The van der Waals surface area contributed by atoms with E-state index in [4.69, 9.17) is 11.6 Å². The lowest BCUT2D eigenvalue weighted by Crippen LogP contribution is -2.45. The largest absolute Gasteiger partial charge is 0.309 e. The predicted molar refractivity (Wildman–Crippen MR) is 119 cm³/mol. The fraction of sp³-hybridized carbons (Fsp3) is 0.0909. The molecule has 0 radical (unpaired) electrons. The number of rotatable bonds is 4. The number of nitrogens with one attached hydrogen (secondary N) is 2. The number of nitrogens with zero attached hydrogens (tertiary/aromatic N) is 4. The van der Waals surface area contributed by atoms with E-state index in [-0.39, 0.29) is 22.7 Å². The van der Waals surface area contributed by atoms with Crippen molar-refractivity contribution in [3.8, 4) is 11.4 Å². The molecule has 33 heavy (non-hydrogen) atoms. The minimum Gasteiger partial charge on any atom is -0.309 e. The molecular weight excluding hydrogens is 448 g/mol. The molecule has 0 fully saturated rings. The molecule has 5 rings (SSSR count). The zero-order valence-electron chi connectivity index (χ0n) is 17.1. The van der Waals surface area contributed by atoms with Gasteiger partial charge in [-0.3, -0.25) is 29.1 Å². The average molecular weight is 463 g/mol. The molecule has 0 aliphatic carbocycles. The van der Waals surface area contributed by atoms with Crippen LogP contribution in [0.3, 0.4) is 0 Å². The first-order valence-corrected chi connectivity index (χ1v) is 10.2. The summed E-state index contributed by atoms with van der Waals surface area (Å²) in [4.78, 5) is 58.2. The Morgan fingerprint density at radius 2 is 1.67 bits per heavy atom. The zero-order chi connectivity index (χ0) is 23.3. The number of carbonyl (C=O) groups is 3. The summed E-state index contributed by atoms with van der Waals surface area (Å²) < 4.78 is 1.26. The van der Waals surface area contributed by atoms with Crippen molar-refractivity contribution in [3.63, 3.8) is 0 Å². The van der Waals surface area contributed by atoms with Crippen LogP contribution in [-0.2, 0) is 4.79 Å². The molecule has 0 unspecified atom stereocenters. The van der Waals surface area contributed by atoms with E-state index in [1.54, 1.807) is 36.4 Å². The van der Waals surface area contributed by atoms with Gasteiger partial charge in [0.2, 0.25) is 11.7 Å². The highest BCUT2D eigenvalue weighted by Crippen LogP contribution is 2.25. The standard InChI is InChI=1S/C22H15ClN6O4/c1-11(28-20(32)14-4-2-3-5-15(14)21(28)33)19(31)24-16-10-17(30)25-22-26-18(27-29(16)22)12-6-8-13(23)9-7-12/h2-11H,1H3,(H,24,31)(H,25,26,27,30)/t11-/m0/s1. The van der Waals surface area contributed by atoms with Gasteiger partial charge < -0.3 is 5.32 Å². The van der Waals surface area contributed by atoms with E-state index >= 15 is 0 Å². The van der Waals surface area contributed by atoms with Gasteiger partial charge in [0.05, 0.1) is 11.1 Å². The maximum Gasteiger partial charge on any atom is 0.262 e. The molecule has 0 saturated carbocycles. The Labute approximate surface area is 190 Å². The summed E-state index contributed by atoms with van der Waals surface area (Å²) >= 11 is 5.92. The lowest BCUT2D eigenvalue weighted by atomic mass is 10.1. The van der Waals surface area contributed by atoms with Crippen molar-refractivity contribution in [2.24, 2.45) is 0 Å². The van der Waals surface area contributed by atoms with Gasteiger partial charge in [0.1, 0.15) is 11.9 Å². The second-order valence-electron chi connectivity index (χ2n) is 7.39. The summed E-state index contributed by atoms with van der Waals surface area (Å²) in [7, 11) is 0. The Balaban J connectivity index is 1.46. The van der Waals surface area contributed by atoms with Crippen molar-refractivity contribution in [1.82, 2.24) is 24.5 Å². The predicted octanol–water partition coefficient (Wildman–Crippen LogP) is 2.36. The molecule has 0 saturated heterocycles. The number of aromatic amines is 1. The average Bonchev–Trinajstić information content (AvgIpc) is 3.33. The van der Waals surface area contributed by atoms with Crippen LogP contribution < -0.4 is 10.9 Å². The third-order valence-corrected chi connectivity index (χ3v) is 5.54. The highest BCUT2D eigenvalue weighted by Gasteiger charge is 2.40. The monoisotopic (exact) mass is 462 g/mol. The van der Waals surface area contributed by atoms with E-state index in [2.05, 4.69) is 20.4 Å². The maximum atomic E-state index is 13.0. The Bertz CT molecular complexity index is 1470. The van der Waals surface area contributed by atoms with Gasteiger partial charge in [-0.25, -0.2) is 0 Å². The van der Waals surface area contributed by atoms with Crippen LogP contribution in [0.1, 0.15) is 27.6 Å². The van der Waals surface area contributed by atoms with Gasteiger partial charge in [0.15, 0.2) is 5.82 Å². The smallest absolute Gasteiger partial charge is 0.262 e. The highest BCUT2D eigenvalue weighted by molar-refractivity contribution is 6.30. The number of fused-ring (bicyclic) bond motifs is 2. The normalized spacial score (nSPS) is 13.9. The van der Waals surface area contributed by atoms with Crippen LogP contribution in [0.15, 0.2) is 59.4 Å². The molecular formula is C22H15ClN6O4. The van der Waals surface area contributed by atoms with Gasteiger partial charge in [0, 0.05) is 16.7 Å². The summed E-state index contributed by atoms with van der Waals surface area (Å²) in [6.45, 7) is 1.43. The zero-order valence-corrected chi connectivity index (χ0v) is 17.8. The molecule has 3 amide bonds. The molecule has 4 aromatic rings. The summed E-state index contributed by atoms with van der Waals surface area (Å²) in [5.41, 5.74) is 0.621. The summed E-state index contributed by atoms with van der Waals surface area (Å²) in [6.07, 6.45) is 0. The third kappa shape index (κ3) is 3.46. The molecule has 164 valence electrons. The van der Waals surface area contributed by atoms with Crippen molar-refractivity contribution >= 4 is 40.9 Å². The minimum absolute atomic E-state index is 0.0370. The summed E-state index contributed by atoms with van der Waals surface area (Å²) in [5.74, 6) is -1.33. The first kappa shape index (κ1) is 20.6. The lowest BCUT2D eigenvalue weighted by molar-refractivity contribution is -0.119. The molecule has 0 bridgehead atoms. The van der Waals surface area contributed by atoms with Crippen LogP contribution >= 0.6 is 11.6 Å².